The first-order chi connectivity index (χ1) is 10.1. The molecule has 0 bridgehead atoms. The Bertz CT molecular complexity index is 612. The van der Waals surface area contributed by atoms with E-state index in [2.05, 4.69) is 15.5 Å². The van der Waals surface area contributed by atoms with Crippen molar-refractivity contribution in [3.05, 3.63) is 30.2 Å². The van der Waals surface area contributed by atoms with Crippen molar-refractivity contribution in [2.75, 3.05) is 27.7 Å². The molecule has 1 aromatic carbocycles. The molecule has 1 heterocycles. The maximum Gasteiger partial charge on any atom is 0.241 e. The minimum Gasteiger partial charge on any atom is -0.497 e. The van der Waals surface area contributed by atoms with Gasteiger partial charge in [0.2, 0.25) is 17.6 Å². The summed E-state index contributed by atoms with van der Waals surface area (Å²) in [4.78, 5) is 17.4. The molecule has 0 saturated carbocycles. The molecule has 0 aliphatic heterocycles. The van der Waals surface area contributed by atoms with Gasteiger partial charge in [0.1, 0.15) is 5.75 Å². The molecule has 0 fully saturated rings. The molecule has 2 rings (SSSR count). The monoisotopic (exact) mass is 290 g/mol. The molecule has 0 aliphatic rings. The van der Waals surface area contributed by atoms with Crippen LogP contribution in [-0.2, 0) is 11.3 Å². The number of benzene rings is 1. The molecule has 21 heavy (non-hydrogen) atoms. The lowest BCUT2D eigenvalue weighted by molar-refractivity contribution is -0.121. The number of carbonyl (C=O) groups excluding carboxylic acids is 1. The Labute approximate surface area is 122 Å². The zero-order chi connectivity index (χ0) is 15.2. The maximum absolute atomic E-state index is 11.3. The number of carbonyl (C=O) groups is 1. The smallest absolute Gasteiger partial charge is 0.241 e. The van der Waals surface area contributed by atoms with Gasteiger partial charge in [-0.2, -0.15) is 4.98 Å². The van der Waals surface area contributed by atoms with Crippen LogP contribution in [0.1, 0.15) is 5.89 Å². The molecular formula is C14H18N4O3. The van der Waals surface area contributed by atoms with Crippen LogP contribution in [-0.4, -0.2) is 48.7 Å². The topological polar surface area (TPSA) is 80.5 Å². The highest BCUT2D eigenvalue weighted by molar-refractivity contribution is 5.77. The number of aromatic nitrogens is 2. The summed E-state index contributed by atoms with van der Waals surface area (Å²) in [5.74, 6) is 1.62. The molecule has 0 saturated heterocycles. The SMILES string of the molecule is CNC(=O)CN(C)Cc1nc(-c2cccc(OC)c2)no1. The van der Waals surface area contributed by atoms with E-state index in [0.717, 1.165) is 11.3 Å². The van der Waals surface area contributed by atoms with Gasteiger partial charge in [-0.3, -0.25) is 9.69 Å². The lowest BCUT2D eigenvalue weighted by atomic mass is 10.2. The number of nitrogens with one attached hydrogen (secondary N) is 1. The molecule has 112 valence electrons. The molecule has 1 amide bonds. The van der Waals surface area contributed by atoms with E-state index in [0.29, 0.717) is 18.3 Å². The molecule has 0 spiro atoms. The number of likely N-dealkylation sites (N-methyl/N-ethyl adjacent to an activating group) is 2. The van der Waals surface area contributed by atoms with E-state index >= 15 is 0 Å². The molecule has 0 atom stereocenters. The van der Waals surface area contributed by atoms with Gasteiger partial charge < -0.3 is 14.6 Å². The van der Waals surface area contributed by atoms with Crippen LogP contribution < -0.4 is 10.1 Å². The van der Waals surface area contributed by atoms with Crippen molar-refractivity contribution in [1.29, 1.82) is 0 Å². The van der Waals surface area contributed by atoms with Gasteiger partial charge in [0, 0.05) is 12.6 Å². The lowest BCUT2D eigenvalue weighted by Crippen LogP contribution is -2.32. The second kappa shape index (κ2) is 6.85. The summed E-state index contributed by atoms with van der Waals surface area (Å²) in [5.41, 5.74) is 0.818. The van der Waals surface area contributed by atoms with Crippen molar-refractivity contribution in [2.24, 2.45) is 0 Å². The van der Waals surface area contributed by atoms with E-state index in [1.165, 1.54) is 0 Å². The molecule has 1 N–H and O–H groups in total. The van der Waals surface area contributed by atoms with Gasteiger partial charge in [-0.1, -0.05) is 17.3 Å². The van der Waals surface area contributed by atoms with Gasteiger partial charge >= 0.3 is 0 Å². The number of nitrogens with zero attached hydrogens (tertiary/aromatic N) is 3. The summed E-state index contributed by atoms with van der Waals surface area (Å²) in [5, 5.41) is 6.51. The van der Waals surface area contributed by atoms with Gasteiger partial charge in [0.25, 0.3) is 0 Å². The average Bonchev–Trinajstić information content (AvgIpc) is 2.95. The fourth-order valence-electron chi connectivity index (χ4n) is 1.81. The van der Waals surface area contributed by atoms with Gasteiger partial charge in [0.15, 0.2) is 0 Å². The molecule has 2 aromatic rings. The Morgan fingerprint density at radius 2 is 2.29 bits per heavy atom. The number of amides is 1. The molecule has 0 aliphatic carbocycles. The third kappa shape index (κ3) is 4.03. The van der Waals surface area contributed by atoms with Crippen molar-refractivity contribution in [1.82, 2.24) is 20.4 Å². The van der Waals surface area contributed by atoms with E-state index < -0.39 is 0 Å². The summed E-state index contributed by atoms with van der Waals surface area (Å²) in [6.45, 7) is 0.678. The highest BCUT2D eigenvalue weighted by atomic mass is 16.5. The number of methoxy groups -OCH3 is 1. The predicted octanol–water partition coefficient (Wildman–Crippen LogP) is 0.923. The molecular weight excluding hydrogens is 272 g/mol. The molecule has 1 aromatic heterocycles. The minimum absolute atomic E-state index is 0.0648. The summed E-state index contributed by atoms with van der Waals surface area (Å²) < 4.78 is 10.4. The Hall–Kier alpha value is -2.41. The molecule has 7 nitrogen and oxygen atoms in total. The normalized spacial score (nSPS) is 10.7. The van der Waals surface area contributed by atoms with Gasteiger partial charge in [-0.25, -0.2) is 0 Å². The van der Waals surface area contributed by atoms with Crippen molar-refractivity contribution < 1.29 is 14.1 Å². The van der Waals surface area contributed by atoms with Gasteiger partial charge in [0.05, 0.1) is 20.2 Å². The highest BCUT2D eigenvalue weighted by Crippen LogP contribution is 2.21. The van der Waals surface area contributed by atoms with Crippen LogP contribution in [0.25, 0.3) is 11.4 Å². The molecule has 7 heteroatoms. The van der Waals surface area contributed by atoms with Gasteiger partial charge in [-0.15, -0.1) is 0 Å². The van der Waals surface area contributed by atoms with E-state index in [9.17, 15) is 4.79 Å². The van der Waals surface area contributed by atoms with E-state index in [1.807, 2.05) is 31.3 Å². The maximum atomic E-state index is 11.3. The van der Waals surface area contributed by atoms with Crippen molar-refractivity contribution in [3.8, 4) is 17.1 Å². The van der Waals surface area contributed by atoms with Gasteiger partial charge in [-0.05, 0) is 19.2 Å². The Kier molecular flexibility index (Phi) is 4.89. The summed E-state index contributed by atoms with van der Waals surface area (Å²) in [6, 6.07) is 7.43. The van der Waals surface area contributed by atoms with Crippen molar-refractivity contribution >= 4 is 5.91 Å². The van der Waals surface area contributed by atoms with Crippen LogP contribution in [0.2, 0.25) is 0 Å². The molecule has 0 unspecified atom stereocenters. The number of hydrogen-bond acceptors (Lipinski definition) is 6. The van der Waals surface area contributed by atoms with E-state index in [-0.39, 0.29) is 12.5 Å². The van der Waals surface area contributed by atoms with Crippen LogP contribution in [0.5, 0.6) is 5.75 Å². The zero-order valence-electron chi connectivity index (χ0n) is 12.3. The van der Waals surface area contributed by atoms with Crippen molar-refractivity contribution in [2.45, 2.75) is 6.54 Å². The molecule has 0 radical (unpaired) electrons. The van der Waals surface area contributed by atoms with Crippen LogP contribution in [0, 0.1) is 0 Å². The fourth-order valence-corrected chi connectivity index (χ4v) is 1.81. The second-order valence-corrected chi connectivity index (χ2v) is 4.59. The first-order valence-electron chi connectivity index (χ1n) is 6.48. The largest absolute Gasteiger partial charge is 0.497 e. The second-order valence-electron chi connectivity index (χ2n) is 4.59. The zero-order valence-corrected chi connectivity index (χ0v) is 12.3. The summed E-state index contributed by atoms with van der Waals surface area (Å²) >= 11 is 0. The quantitative estimate of drug-likeness (QED) is 0.852. The summed E-state index contributed by atoms with van der Waals surface area (Å²) in [6.07, 6.45) is 0. The van der Waals surface area contributed by atoms with Crippen LogP contribution in [0.3, 0.4) is 0 Å². The number of ether oxygens (including phenoxy) is 1. The third-order valence-electron chi connectivity index (χ3n) is 2.89. The summed E-state index contributed by atoms with van der Waals surface area (Å²) in [7, 11) is 5.02. The third-order valence-corrected chi connectivity index (χ3v) is 2.89. The highest BCUT2D eigenvalue weighted by Gasteiger charge is 2.12. The van der Waals surface area contributed by atoms with Crippen LogP contribution in [0.4, 0.5) is 0 Å². The predicted molar refractivity (Wildman–Crippen MR) is 76.7 cm³/mol. The number of hydrogen-bond donors (Lipinski definition) is 1. The Balaban J connectivity index is 2.05. The van der Waals surface area contributed by atoms with E-state index in [4.69, 9.17) is 9.26 Å². The minimum atomic E-state index is -0.0648. The van der Waals surface area contributed by atoms with Crippen molar-refractivity contribution in [3.63, 3.8) is 0 Å². The first-order valence-corrected chi connectivity index (χ1v) is 6.48. The average molecular weight is 290 g/mol. The van der Waals surface area contributed by atoms with Crippen LogP contribution >= 0.6 is 0 Å². The number of rotatable bonds is 6. The first kappa shape index (κ1) is 15.0. The standard InChI is InChI=1S/C14H18N4O3/c1-15-12(19)8-18(2)9-13-16-14(17-21-13)10-5-4-6-11(7-10)20-3/h4-7H,8-9H2,1-3H3,(H,15,19). The Morgan fingerprint density at radius 3 is 3.00 bits per heavy atom. The Morgan fingerprint density at radius 1 is 1.48 bits per heavy atom. The lowest BCUT2D eigenvalue weighted by Gasteiger charge is -2.12. The fraction of sp³-hybridized carbons (Fsp3) is 0.357. The van der Waals surface area contributed by atoms with Crippen LogP contribution in [0.15, 0.2) is 28.8 Å². The van der Waals surface area contributed by atoms with E-state index in [1.54, 1.807) is 19.1 Å².